The lowest BCUT2D eigenvalue weighted by molar-refractivity contribution is -0.121. The maximum absolute atomic E-state index is 12.3. The van der Waals surface area contributed by atoms with Gasteiger partial charge in [-0.25, -0.2) is 4.98 Å². The zero-order valence-corrected chi connectivity index (χ0v) is 15.7. The standard InChI is InChI=1S/C19H27N5O2/c1-4-23(3)18-6-5-15(12-20-18)13-24-9-7-16(8-10-24)19(25)21-17-11-14(2)26-22-17/h5-6,11-12,16H,4,7-10,13H2,1-3H3,(H,21,22,25). The molecule has 1 aliphatic heterocycles. The van der Waals surface area contributed by atoms with Gasteiger partial charge in [0.15, 0.2) is 5.82 Å². The van der Waals surface area contributed by atoms with Gasteiger partial charge in [-0.3, -0.25) is 9.69 Å². The fourth-order valence-electron chi connectivity index (χ4n) is 3.16. The molecule has 0 radical (unpaired) electrons. The Morgan fingerprint density at radius 2 is 2.15 bits per heavy atom. The summed E-state index contributed by atoms with van der Waals surface area (Å²) in [5.74, 6) is 2.25. The Bertz CT molecular complexity index is 720. The largest absolute Gasteiger partial charge is 0.360 e. The summed E-state index contributed by atoms with van der Waals surface area (Å²) in [5.41, 5.74) is 1.21. The molecule has 0 bridgehead atoms. The van der Waals surface area contributed by atoms with Gasteiger partial charge >= 0.3 is 0 Å². The molecule has 0 saturated carbocycles. The van der Waals surface area contributed by atoms with Crippen LogP contribution in [0.25, 0.3) is 0 Å². The van der Waals surface area contributed by atoms with Crippen molar-refractivity contribution in [2.45, 2.75) is 33.2 Å². The smallest absolute Gasteiger partial charge is 0.228 e. The van der Waals surface area contributed by atoms with Gasteiger partial charge < -0.3 is 14.7 Å². The molecule has 2 aromatic rings. The van der Waals surface area contributed by atoms with Crippen molar-refractivity contribution >= 4 is 17.5 Å². The van der Waals surface area contributed by atoms with Crippen molar-refractivity contribution < 1.29 is 9.32 Å². The fourth-order valence-corrected chi connectivity index (χ4v) is 3.16. The average Bonchev–Trinajstić information content (AvgIpc) is 3.07. The van der Waals surface area contributed by atoms with E-state index in [2.05, 4.69) is 44.3 Å². The normalized spacial score (nSPS) is 15.8. The molecule has 140 valence electrons. The van der Waals surface area contributed by atoms with Crippen LogP contribution in [0.1, 0.15) is 31.1 Å². The van der Waals surface area contributed by atoms with E-state index in [1.807, 2.05) is 20.2 Å². The molecule has 26 heavy (non-hydrogen) atoms. The zero-order valence-electron chi connectivity index (χ0n) is 15.7. The number of amides is 1. The van der Waals surface area contributed by atoms with Gasteiger partial charge in [0.25, 0.3) is 0 Å². The summed E-state index contributed by atoms with van der Waals surface area (Å²) >= 11 is 0. The lowest BCUT2D eigenvalue weighted by Gasteiger charge is -2.31. The molecule has 1 fully saturated rings. The Labute approximate surface area is 154 Å². The van der Waals surface area contributed by atoms with Gasteiger partial charge in [0.05, 0.1) is 0 Å². The molecule has 2 aromatic heterocycles. The third-order valence-corrected chi connectivity index (χ3v) is 4.92. The van der Waals surface area contributed by atoms with E-state index < -0.39 is 0 Å². The van der Waals surface area contributed by atoms with Crippen molar-refractivity contribution in [1.29, 1.82) is 0 Å². The summed E-state index contributed by atoms with van der Waals surface area (Å²) in [5, 5.41) is 6.66. The summed E-state index contributed by atoms with van der Waals surface area (Å²) in [6.07, 6.45) is 3.66. The van der Waals surface area contributed by atoms with E-state index in [-0.39, 0.29) is 11.8 Å². The number of nitrogens with zero attached hydrogens (tertiary/aromatic N) is 4. The van der Waals surface area contributed by atoms with E-state index in [1.54, 1.807) is 6.07 Å². The van der Waals surface area contributed by atoms with Crippen LogP contribution in [-0.4, -0.2) is 47.6 Å². The maximum Gasteiger partial charge on any atom is 0.228 e. The Morgan fingerprint density at radius 3 is 2.73 bits per heavy atom. The highest BCUT2D eigenvalue weighted by molar-refractivity contribution is 5.91. The number of piperidine rings is 1. The van der Waals surface area contributed by atoms with Gasteiger partial charge in [-0.15, -0.1) is 0 Å². The van der Waals surface area contributed by atoms with E-state index in [1.165, 1.54) is 5.56 Å². The zero-order chi connectivity index (χ0) is 18.5. The van der Waals surface area contributed by atoms with Gasteiger partial charge in [0, 0.05) is 38.3 Å². The topological polar surface area (TPSA) is 74.5 Å². The molecule has 1 N–H and O–H groups in total. The molecule has 0 unspecified atom stereocenters. The summed E-state index contributed by atoms with van der Waals surface area (Å²) in [6.45, 7) is 7.55. The van der Waals surface area contributed by atoms with Crippen molar-refractivity contribution in [2.75, 3.05) is 36.9 Å². The number of likely N-dealkylation sites (tertiary alicyclic amines) is 1. The van der Waals surface area contributed by atoms with E-state index in [9.17, 15) is 4.79 Å². The van der Waals surface area contributed by atoms with Crippen molar-refractivity contribution in [1.82, 2.24) is 15.0 Å². The second kappa shape index (κ2) is 8.31. The van der Waals surface area contributed by atoms with Crippen LogP contribution in [0.2, 0.25) is 0 Å². The predicted octanol–water partition coefficient (Wildman–Crippen LogP) is 2.68. The summed E-state index contributed by atoms with van der Waals surface area (Å²) < 4.78 is 4.98. The molecule has 1 saturated heterocycles. The second-order valence-corrected chi connectivity index (χ2v) is 6.90. The number of hydrogen-bond donors (Lipinski definition) is 1. The molecule has 1 amide bonds. The highest BCUT2D eigenvalue weighted by Gasteiger charge is 2.25. The quantitative estimate of drug-likeness (QED) is 0.857. The second-order valence-electron chi connectivity index (χ2n) is 6.90. The van der Waals surface area contributed by atoms with Gasteiger partial charge in [-0.2, -0.15) is 0 Å². The third-order valence-electron chi connectivity index (χ3n) is 4.92. The minimum Gasteiger partial charge on any atom is -0.360 e. The minimum absolute atomic E-state index is 0.0296. The molecule has 3 heterocycles. The number of aryl methyl sites for hydroxylation is 1. The first-order valence-corrected chi connectivity index (χ1v) is 9.17. The monoisotopic (exact) mass is 357 g/mol. The molecule has 3 rings (SSSR count). The molecule has 0 spiro atoms. The Morgan fingerprint density at radius 1 is 1.38 bits per heavy atom. The summed E-state index contributed by atoms with van der Waals surface area (Å²) in [7, 11) is 2.04. The van der Waals surface area contributed by atoms with Crippen LogP contribution in [0.3, 0.4) is 0 Å². The molecule has 1 aliphatic rings. The van der Waals surface area contributed by atoms with Crippen LogP contribution in [0, 0.1) is 12.8 Å². The predicted molar refractivity (Wildman–Crippen MR) is 101 cm³/mol. The maximum atomic E-state index is 12.3. The Hall–Kier alpha value is -2.41. The Kier molecular flexibility index (Phi) is 5.88. The van der Waals surface area contributed by atoms with Crippen molar-refractivity contribution in [3.8, 4) is 0 Å². The number of anilines is 2. The van der Waals surface area contributed by atoms with Gasteiger partial charge in [-0.05, 0) is 51.4 Å². The van der Waals surface area contributed by atoms with Crippen LogP contribution in [0.15, 0.2) is 28.9 Å². The molecule has 7 heteroatoms. The van der Waals surface area contributed by atoms with Crippen LogP contribution in [0.5, 0.6) is 0 Å². The highest BCUT2D eigenvalue weighted by Crippen LogP contribution is 2.21. The number of carbonyl (C=O) groups is 1. The van der Waals surface area contributed by atoms with E-state index in [4.69, 9.17) is 4.52 Å². The van der Waals surface area contributed by atoms with E-state index >= 15 is 0 Å². The molecule has 0 aromatic carbocycles. The van der Waals surface area contributed by atoms with Crippen LogP contribution >= 0.6 is 0 Å². The Balaban J connectivity index is 1.46. The summed E-state index contributed by atoms with van der Waals surface area (Å²) in [4.78, 5) is 21.4. The SMILES string of the molecule is CCN(C)c1ccc(CN2CCC(C(=O)Nc3cc(C)on3)CC2)cn1. The molecular formula is C19H27N5O2. The van der Waals surface area contributed by atoms with Crippen LogP contribution in [0.4, 0.5) is 11.6 Å². The van der Waals surface area contributed by atoms with E-state index in [0.717, 1.165) is 44.8 Å². The number of hydrogen-bond acceptors (Lipinski definition) is 6. The fraction of sp³-hybridized carbons (Fsp3) is 0.526. The number of aromatic nitrogens is 2. The molecule has 0 aliphatic carbocycles. The lowest BCUT2D eigenvalue weighted by Crippen LogP contribution is -2.37. The first-order valence-electron chi connectivity index (χ1n) is 9.17. The number of rotatable bonds is 6. The van der Waals surface area contributed by atoms with Gasteiger partial charge in [-0.1, -0.05) is 11.2 Å². The van der Waals surface area contributed by atoms with Gasteiger partial charge in [0.1, 0.15) is 11.6 Å². The lowest BCUT2D eigenvalue weighted by atomic mass is 9.95. The number of carbonyl (C=O) groups excluding carboxylic acids is 1. The summed E-state index contributed by atoms with van der Waals surface area (Å²) in [6, 6.07) is 5.94. The van der Waals surface area contributed by atoms with Gasteiger partial charge in [0.2, 0.25) is 5.91 Å². The van der Waals surface area contributed by atoms with Crippen molar-refractivity contribution in [3.63, 3.8) is 0 Å². The molecular weight excluding hydrogens is 330 g/mol. The molecule has 7 nitrogen and oxygen atoms in total. The van der Waals surface area contributed by atoms with Crippen molar-refractivity contribution in [2.24, 2.45) is 5.92 Å². The van der Waals surface area contributed by atoms with E-state index in [0.29, 0.717) is 11.6 Å². The van der Waals surface area contributed by atoms with Crippen LogP contribution < -0.4 is 10.2 Å². The third kappa shape index (κ3) is 4.60. The van der Waals surface area contributed by atoms with Crippen molar-refractivity contribution in [3.05, 3.63) is 35.7 Å². The number of nitrogens with one attached hydrogen (secondary N) is 1. The first-order chi connectivity index (χ1) is 12.5. The number of pyridine rings is 1. The van der Waals surface area contributed by atoms with Crippen LogP contribution in [-0.2, 0) is 11.3 Å². The molecule has 0 atom stereocenters. The first kappa shape index (κ1) is 18.4. The average molecular weight is 357 g/mol. The minimum atomic E-state index is 0.0296. The highest BCUT2D eigenvalue weighted by atomic mass is 16.5.